The molecular formula is C22H25N5O5S2. The molecule has 0 unspecified atom stereocenters. The number of nitro benzene ring substituents is 1. The molecule has 0 saturated carbocycles. The van der Waals surface area contributed by atoms with E-state index >= 15 is 0 Å². The number of carbonyl (C=O) groups is 1. The number of amides is 1. The second-order valence-electron chi connectivity index (χ2n) is 8.62. The lowest BCUT2D eigenvalue weighted by Crippen LogP contribution is -2.50. The van der Waals surface area contributed by atoms with Crippen LogP contribution >= 0.6 is 11.3 Å². The molecule has 2 heterocycles. The number of thiophene rings is 1. The average Bonchev–Trinajstić information content (AvgIpc) is 3.14. The fraction of sp³-hybridized carbons (Fsp3) is 0.455. The van der Waals surface area contributed by atoms with E-state index in [-0.39, 0.29) is 30.4 Å². The van der Waals surface area contributed by atoms with Gasteiger partial charge in [0.25, 0.3) is 5.69 Å². The maximum absolute atomic E-state index is 13.0. The van der Waals surface area contributed by atoms with Crippen molar-refractivity contribution in [2.75, 3.05) is 38.0 Å². The number of piperazine rings is 1. The number of benzene rings is 1. The minimum absolute atomic E-state index is 0.0726. The monoisotopic (exact) mass is 503 g/mol. The van der Waals surface area contributed by atoms with Gasteiger partial charge in [-0.3, -0.25) is 19.8 Å². The first-order valence-corrected chi connectivity index (χ1v) is 13.3. The number of nitrogens with one attached hydrogen (secondary N) is 1. The Balaban J connectivity index is 1.37. The zero-order valence-electron chi connectivity index (χ0n) is 18.7. The zero-order valence-corrected chi connectivity index (χ0v) is 20.3. The molecule has 12 heteroatoms. The molecule has 2 aromatic rings. The third kappa shape index (κ3) is 4.83. The highest BCUT2D eigenvalue weighted by Gasteiger charge is 2.34. The summed E-state index contributed by atoms with van der Waals surface area (Å²) in [5.41, 5.74) is 1.15. The fourth-order valence-corrected chi connectivity index (χ4v) is 7.38. The van der Waals surface area contributed by atoms with E-state index in [1.54, 1.807) is 0 Å². The summed E-state index contributed by atoms with van der Waals surface area (Å²) in [5, 5.41) is 24.3. The highest BCUT2D eigenvalue weighted by molar-refractivity contribution is 7.89. The molecule has 0 bridgehead atoms. The van der Waals surface area contributed by atoms with E-state index in [1.165, 1.54) is 44.8 Å². The average molecular weight is 504 g/mol. The first-order chi connectivity index (χ1) is 16.2. The van der Waals surface area contributed by atoms with Crippen molar-refractivity contribution < 1.29 is 18.1 Å². The molecule has 1 fully saturated rings. The van der Waals surface area contributed by atoms with Crippen LogP contribution in [0.25, 0.3) is 0 Å². The molecule has 4 rings (SSSR count). The maximum atomic E-state index is 13.0. The van der Waals surface area contributed by atoms with Crippen LogP contribution in [0.1, 0.15) is 29.3 Å². The van der Waals surface area contributed by atoms with E-state index in [2.05, 4.69) is 18.3 Å². The van der Waals surface area contributed by atoms with Gasteiger partial charge in [0.2, 0.25) is 15.9 Å². The second kappa shape index (κ2) is 9.79. The van der Waals surface area contributed by atoms with Gasteiger partial charge in [-0.1, -0.05) is 19.1 Å². The number of rotatable bonds is 6. The largest absolute Gasteiger partial charge is 0.315 e. The smallest absolute Gasteiger partial charge is 0.289 e. The molecule has 0 radical (unpaired) electrons. The highest BCUT2D eigenvalue weighted by Crippen LogP contribution is 2.39. The summed E-state index contributed by atoms with van der Waals surface area (Å²) < 4.78 is 27.1. The topological polar surface area (TPSA) is 137 Å². The summed E-state index contributed by atoms with van der Waals surface area (Å²) in [7, 11) is -4.02. The summed E-state index contributed by atoms with van der Waals surface area (Å²) in [6, 6.07) is 7.53. The number of hydrogen-bond acceptors (Lipinski definition) is 8. The Morgan fingerprint density at radius 3 is 2.68 bits per heavy atom. The molecule has 1 aliphatic heterocycles. The molecule has 0 spiro atoms. The highest BCUT2D eigenvalue weighted by atomic mass is 32.2. The lowest BCUT2D eigenvalue weighted by atomic mass is 9.89. The van der Waals surface area contributed by atoms with Crippen molar-refractivity contribution in [2.24, 2.45) is 5.92 Å². The lowest BCUT2D eigenvalue weighted by molar-refractivity contribution is -0.387. The summed E-state index contributed by atoms with van der Waals surface area (Å²) in [4.78, 5) is 25.9. The van der Waals surface area contributed by atoms with Gasteiger partial charge in [-0.25, -0.2) is 8.42 Å². The quantitative estimate of drug-likeness (QED) is 0.472. The van der Waals surface area contributed by atoms with Gasteiger partial charge in [0, 0.05) is 37.1 Å². The normalized spacial score (nSPS) is 19.2. The van der Waals surface area contributed by atoms with E-state index < -0.39 is 20.6 Å². The van der Waals surface area contributed by atoms with Crippen LogP contribution in [0.5, 0.6) is 0 Å². The van der Waals surface area contributed by atoms with Crippen LogP contribution in [-0.2, 0) is 27.7 Å². The van der Waals surface area contributed by atoms with Crippen LogP contribution in [0.4, 0.5) is 10.7 Å². The van der Waals surface area contributed by atoms with Crippen molar-refractivity contribution >= 4 is 38.0 Å². The lowest BCUT2D eigenvalue weighted by Gasteiger charge is -2.33. The van der Waals surface area contributed by atoms with Crippen molar-refractivity contribution in [1.29, 1.82) is 5.26 Å². The molecule has 2 aliphatic rings. The van der Waals surface area contributed by atoms with Gasteiger partial charge >= 0.3 is 0 Å². The number of nitro groups is 1. The Labute approximate surface area is 202 Å². The Morgan fingerprint density at radius 2 is 2.00 bits per heavy atom. The molecule has 180 valence electrons. The number of nitrogens with zero attached hydrogens (tertiary/aromatic N) is 4. The predicted octanol–water partition coefficient (Wildman–Crippen LogP) is 2.60. The summed E-state index contributed by atoms with van der Waals surface area (Å²) in [6.07, 6.45) is 2.80. The first kappa shape index (κ1) is 24.3. The van der Waals surface area contributed by atoms with Gasteiger partial charge in [-0.2, -0.15) is 9.57 Å². The molecule has 1 aromatic carbocycles. The van der Waals surface area contributed by atoms with E-state index in [4.69, 9.17) is 0 Å². The molecule has 1 N–H and O–H groups in total. The van der Waals surface area contributed by atoms with E-state index in [1.807, 2.05) is 4.90 Å². The Morgan fingerprint density at radius 1 is 1.29 bits per heavy atom. The van der Waals surface area contributed by atoms with Crippen molar-refractivity contribution in [3.63, 3.8) is 0 Å². The molecule has 1 aliphatic carbocycles. The van der Waals surface area contributed by atoms with Crippen LogP contribution in [0.3, 0.4) is 0 Å². The minimum Gasteiger partial charge on any atom is -0.315 e. The third-order valence-electron chi connectivity index (χ3n) is 6.25. The number of para-hydroxylation sites is 1. The standard InChI is InChI=1S/C22H25N5O5S2/c1-15-6-7-16-17(13-23)22(33-19(16)12-15)24-21(28)14-25-8-10-26(11-9-25)34(31,32)20-5-3-2-4-18(20)27(29)30/h2-5,15H,6-12,14H2,1H3,(H,24,28)/t15-/m1/s1. The number of nitriles is 1. The van der Waals surface area contributed by atoms with Crippen molar-refractivity contribution in [1.82, 2.24) is 9.21 Å². The van der Waals surface area contributed by atoms with Gasteiger partial charge < -0.3 is 5.32 Å². The molecular weight excluding hydrogens is 478 g/mol. The van der Waals surface area contributed by atoms with Crippen LogP contribution in [0.2, 0.25) is 0 Å². The van der Waals surface area contributed by atoms with Gasteiger partial charge in [0.05, 0.1) is 17.0 Å². The van der Waals surface area contributed by atoms with Crippen LogP contribution in [0, 0.1) is 27.4 Å². The van der Waals surface area contributed by atoms with Crippen molar-refractivity contribution in [3.05, 3.63) is 50.4 Å². The molecule has 1 saturated heterocycles. The summed E-state index contributed by atoms with van der Waals surface area (Å²) in [6.45, 7) is 3.13. The number of hydrogen-bond donors (Lipinski definition) is 1. The Bertz CT molecular complexity index is 1260. The maximum Gasteiger partial charge on any atom is 0.289 e. The van der Waals surface area contributed by atoms with Crippen LogP contribution < -0.4 is 5.32 Å². The van der Waals surface area contributed by atoms with E-state index in [0.717, 1.165) is 24.8 Å². The van der Waals surface area contributed by atoms with Crippen molar-refractivity contribution in [3.8, 4) is 6.07 Å². The number of fused-ring (bicyclic) bond motifs is 1. The third-order valence-corrected chi connectivity index (χ3v) is 9.37. The first-order valence-electron chi connectivity index (χ1n) is 11.0. The number of anilines is 1. The molecule has 1 aromatic heterocycles. The molecule has 34 heavy (non-hydrogen) atoms. The molecule has 1 amide bonds. The Hall–Kier alpha value is -2.85. The van der Waals surface area contributed by atoms with Gasteiger partial charge in [0.15, 0.2) is 4.90 Å². The number of carbonyl (C=O) groups excluding carboxylic acids is 1. The SMILES string of the molecule is C[C@@H]1CCc2c(sc(NC(=O)CN3CCN(S(=O)(=O)c4ccccc4[N+](=O)[O-])CC3)c2C#N)C1. The van der Waals surface area contributed by atoms with Crippen LogP contribution in [-0.4, -0.2) is 61.2 Å². The second-order valence-corrected chi connectivity index (χ2v) is 11.6. The molecule has 10 nitrogen and oxygen atoms in total. The number of sulfonamides is 1. The summed E-state index contributed by atoms with van der Waals surface area (Å²) >= 11 is 1.47. The fourth-order valence-electron chi connectivity index (χ4n) is 4.42. The van der Waals surface area contributed by atoms with Gasteiger partial charge in [-0.15, -0.1) is 11.3 Å². The molecule has 1 atom stereocenters. The summed E-state index contributed by atoms with van der Waals surface area (Å²) in [5.74, 6) is 0.310. The zero-order chi connectivity index (χ0) is 24.5. The van der Waals surface area contributed by atoms with Gasteiger partial charge in [-0.05, 0) is 36.8 Å². The van der Waals surface area contributed by atoms with Crippen LogP contribution in [0.15, 0.2) is 29.2 Å². The van der Waals surface area contributed by atoms with E-state index in [0.29, 0.717) is 29.6 Å². The van der Waals surface area contributed by atoms with E-state index in [9.17, 15) is 28.6 Å². The predicted molar refractivity (Wildman–Crippen MR) is 127 cm³/mol. The minimum atomic E-state index is -4.02. The van der Waals surface area contributed by atoms with Crippen molar-refractivity contribution in [2.45, 2.75) is 31.1 Å². The Kier molecular flexibility index (Phi) is 6.99. The van der Waals surface area contributed by atoms with Gasteiger partial charge in [0.1, 0.15) is 11.1 Å².